The average molecular weight is 252 g/mol. The van der Waals surface area contributed by atoms with E-state index in [9.17, 15) is 4.79 Å². The molecule has 1 heterocycles. The first-order valence-corrected chi connectivity index (χ1v) is 6.58. The first kappa shape index (κ1) is 12.6. The summed E-state index contributed by atoms with van der Waals surface area (Å²) in [5, 5.41) is 4.06. The van der Waals surface area contributed by atoms with E-state index in [1.54, 1.807) is 0 Å². The van der Waals surface area contributed by atoms with Crippen LogP contribution in [0.2, 0.25) is 5.02 Å². The number of hydrogen-bond acceptors (Lipinski definition) is 2. The van der Waals surface area contributed by atoms with Crippen LogP contribution in [0.25, 0.3) is 0 Å². The van der Waals surface area contributed by atoms with E-state index in [4.69, 9.17) is 11.6 Å². The van der Waals surface area contributed by atoms with Crippen LogP contribution in [0.3, 0.4) is 0 Å². The third-order valence-electron chi connectivity index (χ3n) is 3.23. The monoisotopic (exact) mass is 251 g/mol. The Hall–Kier alpha value is -0.860. The molecule has 0 bridgehead atoms. The molecule has 0 aromatic heterocycles. The summed E-state index contributed by atoms with van der Waals surface area (Å²) in [7, 11) is 0. The van der Waals surface area contributed by atoms with Gasteiger partial charge in [0.25, 0.3) is 0 Å². The van der Waals surface area contributed by atoms with E-state index >= 15 is 0 Å². The number of benzene rings is 1. The lowest BCUT2D eigenvalue weighted by Gasteiger charge is -2.21. The van der Waals surface area contributed by atoms with E-state index < -0.39 is 0 Å². The maximum Gasteiger partial charge on any atom is 0.137 e. The third-order valence-corrected chi connectivity index (χ3v) is 3.48. The minimum Gasteiger partial charge on any atom is -0.316 e. The van der Waals surface area contributed by atoms with Gasteiger partial charge in [-0.2, -0.15) is 0 Å². The van der Waals surface area contributed by atoms with Gasteiger partial charge in [0.05, 0.1) is 0 Å². The Morgan fingerprint density at radius 1 is 1.35 bits per heavy atom. The van der Waals surface area contributed by atoms with Gasteiger partial charge in [0, 0.05) is 17.9 Å². The molecule has 0 radical (unpaired) electrons. The molecule has 92 valence electrons. The van der Waals surface area contributed by atoms with Crippen LogP contribution in [0.15, 0.2) is 24.3 Å². The first-order chi connectivity index (χ1) is 8.24. The molecule has 1 atom stereocenters. The number of hydrogen-bond donors (Lipinski definition) is 1. The highest BCUT2D eigenvalue weighted by Gasteiger charge is 2.16. The van der Waals surface area contributed by atoms with Crippen molar-refractivity contribution in [3.8, 4) is 0 Å². The largest absolute Gasteiger partial charge is 0.316 e. The summed E-state index contributed by atoms with van der Waals surface area (Å²) in [6.45, 7) is 2.09. The highest BCUT2D eigenvalue weighted by Crippen LogP contribution is 2.16. The van der Waals surface area contributed by atoms with Gasteiger partial charge >= 0.3 is 0 Å². The SMILES string of the molecule is O=C(Cc1ccc(Cl)cc1)CC1CCCNC1. The summed E-state index contributed by atoms with van der Waals surface area (Å²) in [6, 6.07) is 7.54. The Labute approximate surface area is 107 Å². The van der Waals surface area contributed by atoms with Gasteiger partial charge < -0.3 is 5.32 Å². The second kappa shape index (κ2) is 6.18. The number of carbonyl (C=O) groups excluding carboxylic acids is 1. The van der Waals surface area contributed by atoms with E-state index in [1.807, 2.05) is 24.3 Å². The van der Waals surface area contributed by atoms with Crippen molar-refractivity contribution < 1.29 is 4.79 Å². The zero-order valence-corrected chi connectivity index (χ0v) is 10.7. The van der Waals surface area contributed by atoms with Gasteiger partial charge in [-0.25, -0.2) is 0 Å². The highest BCUT2D eigenvalue weighted by atomic mass is 35.5. The first-order valence-electron chi connectivity index (χ1n) is 6.21. The number of halogens is 1. The molecule has 0 amide bonds. The summed E-state index contributed by atoms with van der Waals surface area (Å²) >= 11 is 5.81. The van der Waals surface area contributed by atoms with Crippen molar-refractivity contribution in [1.82, 2.24) is 5.32 Å². The predicted molar refractivity (Wildman–Crippen MR) is 70.4 cm³/mol. The maximum absolute atomic E-state index is 11.9. The molecule has 2 rings (SSSR count). The molecule has 1 aliphatic rings. The minimum absolute atomic E-state index is 0.334. The predicted octanol–water partition coefficient (Wildman–Crippen LogP) is 2.84. The molecular formula is C14H18ClNO. The van der Waals surface area contributed by atoms with Crippen molar-refractivity contribution >= 4 is 17.4 Å². The molecule has 17 heavy (non-hydrogen) atoms. The molecule has 0 aliphatic carbocycles. The molecule has 1 aromatic rings. The van der Waals surface area contributed by atoms with Gasteiger partial charge in [-0.15, -0.1) is 0 Å². The van der Waals surface area contributed by atoms with Crippen LogP contribution in [0.4, 0.5) is 0 Å². The Morgan fingerprint density at radius 2 is 2.12 bits per heavy atom. The third kappa shape index (κ3) is 4.14. The number of nitrogens with one attached hydrogen (secondary N) is 1. The Morgan fingerprint density at radius 3 is 2.76 bits per heavy atom. The lowest BCUT2D eigenvalue weighted by Crippen LogP contribution is -2.31. The molecule has 1 unspecified atom stereocenters. The van der Waals surface area contributed by atoms with Crippen molar-refractivity contribution in [3.63, 3.8) is 0 Å². The molecular weight excluding hydrogens is 234 g/mol. The quantitative estimate of drug-likeness (QED) is 0.892. The normalized spacial score (nSPS) is 20.2. The van der Waals surface area contributed by atoms with Crippen LogP contribution in [0.5, 0.6) is 0 Å². The van der Waals surface area contributed by atoms with E-state index in [0.29, 0.717) is 24.5 Å². The fraction of sp³-hybridized carbons (Fsp3) is 0.500. The number of Topliss-reactive ketones (excluding diaryl/α,β-unsaturated/α-hetero) is 1. The Bertz CT molecular complexity index is 368. The summed E-state index contributed by atoms with van der Waals surface area (Å²) in [5.74, 6) is 0.865. The molecule has 1 aliphatic heterocycles. The van der Waals surface area contributed by atoms with Crippen molar-refractivity contribution in [2.45, 2.75) is 25.7 Å². The minimum atomic E-state index is 0.334. The van der Waals surface area contributed by atoms with Crippen LogP contribution < -0.4 is 5.32 Å². The van der Waals surface area contributed by atoms with Crippen molar-refractivity contribution in [2.75, 3.05) is 13.1 Å². The van der Waals surface area contributed by atoms with E-state index in [2.05, 4.69) is 5.32 Å². The van der Waals surface area contributed by atoms with Gasteiger partial charge in [-0.1, -0.05) is 23.7 Å². The molecule has 1 N–H and O–H groups in total. The van der Waals surface area contributed by atoms with Crippen LogP contribution >= 0.6 is 11.6 Å². The zero-order chi connectivity index (χ0) is 12.1. The van der Waals surface area contributed by atoms with Gasteiger partial charge in [0.1, 0.15) is 5.78 Å². The lowest BCUT2D eigenvalue weighted by atomic mass is 9.92. The van der Waals surface area contributed by atoms with Crippen LogP contribution in [0, 0.1) is 5.92 Å². The number of ketones is 1. The smallest absolute Gasteiger partial charge is 0.137 e. The summed E-state index contributed by atoms with van der Waals surface area (Å²) in [6.07, 6.45) is 3.61. The van der Waals surface area contributed by atoms with E-state index in [1.165, 1.54) is 12.8 Å². The van der Waals surface area contributed by atoms with Crippen LogP contribution in [-0.4, -0.2) is 18.9 Å². The fourth-order valence-corrected chi connectivity index (χ4v) is 2.45. The standard InChI is InChI=1S/C14H18ClNO/c15-13-5-3-11(4-6-13)8-14(17)9-12-2-1-7-16-10-12/h3-6,12,16H,1-2,7-10H2. The summed E-state index contributed by atoms with van der Waals surface area (Å²) in [4.78, 5) is 11.9. The van der Waals surface area contributed by atoms with E-state index in [0.717, 1.165) is 23.7 Å². The number of rotatable bonds is 4. The molecule has 1 fully saturated rings. The van der Waals surface area contributed by atoms with Crippen LogP contribution in [-0.2, 0) is 11.2 Å². The Kier molecular flexibility index (Phi) is 4.57. The highest BCUT2D eigenvalue weighted by molar-refractivity contribution is 6.30. The molecule has 1 aromatic carbocycles. The van der Waals surface area contributed by atoms with Gasteiger partial charge in [0.2, 0.25) is 0 Å². The molecule has 1 saturated heterocycles. The molecule has 0 spiro atoms. The molecule has 2 nitrogen and oxygen atoms in total. The lowest BCUT2D eigenvalue weighted by molar-refractivity contribution is -0.119. The summed E-state index contributed by atoms with van der Waals surface area (Å²) < 4.78 is 0. The topological polar surface area (TPSA) is 29.1 Å². The average Bonchev–Trinajstić information content (AvgIpc) is 2.33. The van der Waals surface area contributed by atoms with Crippen molar-refractivity contribution in [1.29, 1.82) is 0 Å². The van der Waals surface area contributed by atoms with E-state index in [-0.39, 0.29) is 0 Å². The zero-order valence-electron chi connectivity index (χ0n) is 9.92. The fourth-order valence-electron chi connectivity index (χ4n) is 2.32. The second-order valence-corrected chi connectivity index (χ2v) is 5.19. The second-order valence-electron chi connectivity index (χ2n) is 4.76. The molecule has 0 saturated carbocycles. The van der Waals surface area contributed by atoms with Gasteiger partial charge in [-0.3, -0.25) is 4.79 Å². The van der Waals surface area contributed by atoms with Crippen LogP contribution in [0.1, 0.15) is 24.8 Å². The number of carbonyl (C=O) groups is 1. The van der Waals surface area contributed by atoms with Crippen molar-refractivity contribution in [3.05, 3.63) is 34.9 Å². The summed E-state index contributed by atoms with van der Waals surface area (Å²) in [5.41, 5.74) is 1.06. The Balaban J connectivity index is 1.82. The van der Waals surface area contributed by atoms with Crippen molar-refractivity contribution in [2.24, 2.45) is 5.92 Å². The van der Waals surface area contributed by atoms with Gasteiger partial charge in [0.15, 0.2) is 0 Å². The maximum atomic E-state index is 11.9. The number of piperidine rings is 1. The van der Waals surface area contributed by atoms with Gasteiger partial charge in [-0.05, 0) is 49.5 Å². The molecule has 3 heteroatoms.